The molecule has 0 spiro atoms. The maximum atomic E-state index is 6.23. The first-order valence-electron chi connectivity index (χ1n) is 6.71. The highest BCUT2D eigenvalue weighted by molar-refractivity contribution is 6.31. The van der Waals surface area contributed by atoms with Crippen LogP contribution in [-0.2, 0) is 6.54 Å². The third-order valence-corrected chi connectivity index (χ3v) is 3.78. The van der Waals surface area contributed by atoms with Gasteiger partial charge in [0.05, 0.1) is 7.11 Å². The van der Waals surface area contributed by atoms with Crippen LogP contribution in [0.1, 0.15) is 25.8 Å². The molecular formula is C15H25ClN2O. The fourth-order valence-corrected chi connectivity index (χ4v) is 2.16. The standard InChI is InChI=1S/C15H25ClN2O/c1-11(2)14(17)8-9-18(3)10-12-13(16)6-5-7-15(12)19-4/h5-7,11,14H,8-10,17H2,1-4H3. The van der Waals surface area contributed by atoms with Gasteiger partial charge in [-0.25, -0.2) is 0 Å². The number of rotatable bonds is 7. The first kappa shape index (κ1) is 16.3. The zero-order valence-electron chi connectivity index (χ0n) is 12.3. The minimum absolute atomic E-state index is 0.246. The summed E-state index contributed by atoms with van der Waals surface area (Å²) in [7, 11) is 3.75. The Kier molecular flexibility index (Phi) is 6.63. The molecule has 0 saturated carbocycles. The van der Waals surface area contributed by atoms with Gasteiger partial charge in [-0.15, -0.1) is 0 Å². The van der Waals surface area contributed by atoms with Gasteiger partial charge in [0.15, 0.2) is 0 Å². The lowest BCUT2D eigenvalue weighted by Crippen LogP contribution is -2.31. The van der Waals surface area contributed by atoms with Gasteiger partial charge in [0, 0.05) is 23.2 Å². The number of nitrogens with two attached hydrogens (primary N) is 1. The number of methoxy groups -OCH3 is 1. The van der Waals surface area contributed by atoms with Crippen molar-refractivity contribution in [2.45, 2.75) is 32.9 Å². The first-order valence-corrected chi connectivity index (χ1v) is 7.09. The van der Waals surface area contributed by atoms with Crippen molar-refractivity contribution >= 4 is 11.6 Å². The quantitative estimate of drug-likeness (QED) is 0.836. The Bertz CT molecular complexity index is 396. The summed E-state index contributed by atoms with van der Waals surface area (Å²) in [5.41, 5.74) is 7.10. The summed E-state index contributed by atoms with van der Waals surface area (Å²) in [4.78, 5) is 2.23. The second-order valence-electron chi connectivity index (χ2n) is 5.35. The van der Waals surface area contributed by atoms with Crippen molar-refractivity contribution in [2.24, 2.45) is 11.7 Å². The van der Waals surface area contributed by atoms with E-state index in [-0.39, 0.29) is 6.04 Å². The molecule has 1 aromatic carbocycles. The second-order valence-corrected chi connectivity index (χ2v) is 5.76. The van der Waals surface area contributed by atoms with Crippen LogP contribution in [0.15, 0.2) is 18.2 Å². The maximum Gasteiger partial charge on any atom is 0.124 e. The summed E-state index contributed by atoms with van der Waals surface area (Å²) >= 11 is 6.23. The average molecular weight is 285 g/mol. The van der Waals surface area contributed by atoms with E-state index < -0.39 is 0 Å². The minimum Gasteiger partial charge on any atom is -0.496 e. The van der Waals surface area contributed by atoms with Crippen molar-refractivity contribution in [2.75, 3.05) is 20.7 Å². The van der Waals surface area contributed by atoms with E-state index in [0.29, 0.717) is 5.92 Å². The van der Waals surface area contributed by atoms with E-state index in [1.54, 1.807) is 7.11 Å². The second kappa shape index (κ2) is 7.73. The van der Waals surface area contributed by atoms with Gasteiger partial charge in [-0.2, -0.15) is 0 Å². The molecule has 1 aromatic rings. The molecule has 2 N–H and O–H groups in total. The number of ether oxygens (including phenoxy) is 1. The molecule has 19 heavy (non-hydrogen) atoms. The zero-order valence-corrected chi connectivity index (χ0v) is 13.1. The third-order valence-electron chi connectivity index (χ3n) is 3.42. The van der Waals surface area contributed by atoms with Crippen LogP contribution in [0.25, 0.3) is 0 Å². The fourth-order valence-electron chi connectivity index (χ4n) is 1.94. The van der Waals surface area contributed by atoms with E-state index in [0.717, 1.165) is 35.8 Å². The molecule has 0 saturated heterocycles. The molecule has 0 amide bonds. The number of nitrogens with zero attached hydrogens (tertiary/aromatic N) is 1. The van der Waals surface area contributed by atoms with E-state index >= 15 is 0 Å². The molecule has 0 aliphatic rings. The lowest BCUT2D eigenvalue weighted by molar-refractivity contribution is 0.291. The van der Waals surface area contributed by atoms with Crippen LogP contribution >= 0.6 is 11.6 Å². The highest BCUT2D eigenvalue weighted by Crippen LogP contribution is 2.27. The van der Waals surface area contributed by atoms with Crippen LogP contribution in [-0.4, -0.2) is 31.6 Å². The summed E-state index contributed by atoms with van der Waals surface area (Å²) < 4.78 is 5.36. The lowest BCUT2D eigenvalue weighted by atomic mass is 10.0. The maximum absolute atomic E-state index is 6.23. The molecule has 108 valence electrons. The topological polar surface area (TPSA) is 38.5 Å². The molecule has 0 radical (unpaired) electrons. The van der Waals surface area contributed by atoms with E-state index in [1.165, 1.54) is 0 Å². The molecule has 0 bridgehead atoms. The van der Waals surface area contributed by atoms with Crippen LogP contribution in [0.3, 0.4) is 0 Å². The first-order chi connectivity index (χ1) is 8.95. The summed E-state index contributed by atoms with van der Waals surface area (Å²) in [6.07, 6.45) is 0.987. The normalized spacial score (nSPS) is 13.1. The Balaban J connectivity index is 2.59. The Labute approximate surface area is 121 Å². The van der Waals surface area contributed by atoms with Gasteiger partial charge in [0.2, 0.25) is 0 Å². The van der Waals surface area contributed by atoms with Crippen LogP contribution in [0, 0.1) is 5.92 Å². The Morgan fingerprint density at radius 3 is 2.63 bits per heavy atom. The van der Waals surface area contributed by atoms with Crippen molar-refractivity contribution in [3.63, 3.8) is 0 Å². The molecule has 1 atom stereocenters. The average Bonchev–Trinajstić information content (AvgIpc) is 2.38. The number of hydrogen-bond acceptors (Lipinski definition) is 3. The Morgan fingerprint density at radius 1 is 1.37 bits per heavy atom. The van der Waals surface area contributed by atoms with Gasteiger partial charge in [-0.3, -0.25) is 0 Å². The smallest absolute Gasteiger partial charge is 0.124 e. The van der Waals surface area contributed by atoms with Gasteiger partial charge in [-0.05, 0) is 38.1 Å². The van der Waals surface area contributed by atoms with Crippen molar-refractivity contribution in [3.05, 3.63) is 28.8 Å². The van der Waals surface area contributed by atoms with Crippen LogP contribution in [0.5, 0.6) is 5.75 Å². The van der Waals surface area contributed by atoms with Crippen molar-refractivity contribution < 1.29 is 4.74 Å². The van der Waals surface area contributed by atoms with Gasteiger partial charge < -0.3 is 15.4 Å². The highest BCUT2D eigenvalue weighted by Gasteiger charge is 2.12. The van der Waals surface area contributed by atoms with Gasteiger partial charge in [0.25, 0.3) is 0 Å². The van der Waals surface area contributed by atoms with E-state index in [2.05, 4.69) is 25.8 Å². The molecule has 4 heteroatoms. The van der Waals surface area contributed by atoms with E-state index in [4.69, 9.17) is 22.1 Å². The summed E-state index contributed by atoms with van der Waals surface area (Å²) in [6.45, 7) is 6.03. The molecule has 0 heterocycles. The van der Waals surface area contributed by atoms with Crippen molar-refractivity contribution in [3.8, 4) is 5.75 Å². The molecule has 0 fully saturated rings. The van der Waals surface area contributed by atoms with E-state index in [1.807, 2.05) is 18.2 Å². The zero-order chi connectivity index (χ0) is 14.4. The predicted molar refractivity (Wildman–Crippen MR) is 81.8 cm³/mol. The van der Waals surface area contributed by atoms with Gasteiger partial charge in [0.1, 0.15) is 5.75 Å². The molecule has 0 aliphatic carbocycles. The molecule has 0 aromatic heterocycles. The Morgan fingerprint density at radius 2 is 2.05 bits per heavy atom. The van der Waals surface area contributed by atoms with Gasteiger partial charge in [-0.1, -0.05) is 31.5 Å². The molecule has 1 rings (SSSR count). The fraction of sp³-hybridized carbons (Fsp3) is 0.600. The van der Waals surface area contributed by atoms with Crippen molar-refractivity contribution in [1.29, 1.82) is 0 Å². The summed E-state index contributed by atoms with van der Waals surface area (Å²) in [6, 6.07) is 5.98. The molecule has 0 aliphatic heterocycles. The third kappa shape index (κ3) is 5.01. The highest BCUT2D eigenvalue weighted by atomic mass is 35.5. The number of hydrogen-bond donors (Lipinski definition) is 1. The molecule has 3 nitrogen and oxygen atoms in total. The lowest BCUT2D eigenvalue weighted by Gasteiger charge is -2.22. The minimum atomic E-state index is 0.246. The predicted octanol–water partition coefficient (Wildman–Crippen LogP) is 3.15. The summed E-state index contributed by atoms with van der Waals surface area (Å²) in [5, 5.41) is 0.749. The monoisotopic (exact) mass is 284 g/mol. The van der Waals surface area contributed by atoms with Gasteiger partial charge >= 0.3 is 0 Å². The largest absolute Gasteiger partial charge is 0.496 e. The molecule has 1 unspecified atom stereocenters. The molecular weight excluding hydrogens is 260 g/mol. The number of benzene rings is 1. The number of halogens is 1. The van der Waals surface area contributed by atoms with Crippen molar-refractivity contribution in [1.82, 2.24) is 4.90 Å². The Hall–Kier alpha value is -0.770. The van der Waals surface area contributed by atoms with Crippen LogP contribution in [0.4, 0.5) is 0 Å². The SMILES string of the molecule is COc1cccc(Cl)c1CN(C)CCC(N)C(C)C. The van der Waals surface area contributed by atoms with E-state index in [9.17, 15) is 0 Å². The van der Waals surface area contributed by atoms with Crippen LogP contribution in [0.2, 0.25) is 5.02 Å². The summed E-state index contributed by atoms with van der Waals surface area (Å²) in [5.74, 6) is 1.36. The van der Waals surface area contributed by atoms with Crippen LogP contribution < -0.4 is 10.5 Å².